The molecule has 29 heavy (non-hydrogen) atoms. The zero-order chi connectivity index (χ0) is 20.5. The molecule has 2 aromatic rings. The van der Waals surface area contributed by atoms with Gasteiger partial charge in [-0.05, 0) is 11.1 Å². The molecule has 6 heteroatoms. The van der Waals surface area contributed by atoms with Gasteiger partial charge in [-0.25, -0.2) is 0 Å². The lowest BCUT2D eigenvalue weighted by Crippen LogP contribution is -2.60. The Morgan fingerprint density at radius 3 is 2.10 bits per heavy atom. The Labute approximate surface area is 171 Å². The molecule has 1 aliphatic rings. The Morgan fingerprint density at radius 2 is 1.48 bits per heavy atom. The molecule has 0 spiro atoms. The molecule has 1 aliphatic heterocycles. The van der Waals surface area contributed by atoms with Crippen LogP contribution in [0.2, 0.25) is 0 Å². The molecule has 1 heterocycles. The molecule has 0 bridgehead atoms. The maximum atomic E-state index is 10.8. The summed E-state index contributed by atoms with van der Waals surface area (Å²) in [7, 11) is 0. The highest BCUT2D eigenvalue weighted by Gasteiger charge is 2.46. The van der Waals surface area contributed by atoms with Crippen LogP contribution in [0.1, 0.15) is 11.1 Å². The largest absolute Gasteiger partial charge is 0.387 e. The van der Waals surface area contributed by atoms with E-state index in [-0.39, 0.29) is 19.8 Å². The second-order valence-electron chi connectivity index (χ2n) is 6.90. The third-order valence-electron chi connectivity index (χ3n) is 4.72. The van der Waals surface area contributed by atoms with Crippen molar-refractivity contribution < 1.29 is 29.2 Å². The summed E-state index contributed by atoms with van der Waals surface area (Å²) in [5.41, 5.74) is 1.96. The highest BCUT2D eigenvalue weighted by molar-refractivity contribution is 5.14. The standard InChI is InChI=1S/C23H28O6/c1-2-13-27-21-20(24)19(16-26-14-17-9-5-3-6-10-17)29-23(25)22(21)28-15-18-11-7-4-8-12-18/h2-12,19-25H,1,13-16H2/t19-,20-,21+,22-,23-/m1/s1. The van der Waals surface area contributed by atoms with Crippen LogP contribution in [-0.2, 0) is 32.2 Å². The number of hydrogen-bond acceptors (Lipinski definition) is 6. The molecule has 0 unspecified atom stereocenters. The molecule has 0 aliphatic carbocycles. The molecule has 156 valence electrons. The van der Waals surface area contributed by atoms with E-state index in [1.165, 1.54) is 0 Å². The van der Waals surface area contributed by atoms with Gasteiger partial charge in [-0.2, -0.15) is 0 Å². The number of hydrogen-bond donors (Lipinski definition) is 2. The molecule has 1 saturated heterocycles. The molecule has 3 rings (SSSR count). The van der Waals surface area contributed by atoms with E-state index in [2.05, 4.69) is 6.58 Å². The van der Waals surface area contributed by atoms with Crippen molar-refractivity contribution in [1.29, 1.82) is 0 Å². The number of ether oxygens (including phenoxy) is 4. The van der Waals surface area contributed by atoms with Crippen LogP contribution in [0.4, 0.5) is 0 Å². The van der Waals surface area contributed by atoms with Gasteiger partial charge in [0.15, 0.2) is 6.29 Å². The fourth-order valence-corrected chi connectivity index (χ4v) is 3.23. The molecular formula is C23H28O6. The topological polar surface area (TPSA) is 77.4 Å². The summed E-state index contributed by atoms with van der Waals surface area (Å²) < 4.78 is 22.9. The van der Waals surface area contributed by atoms with Gasteiger partial charge in [-0.15, -0.1) is 6.58 Å². The summed E-state index contributed by atoms with van der Waals surface area (Å²) in [6.07, 6.45) is -3.03. The van der Waals surface area contributed by atoms with Gasteiger partial charge in [0, 0.05) is 0 Å². The number of aliphatic hydroxyl groups is 2. The van der Waals surface area contributed by atoms with Gasteiger partial charge in [-0.3, -0.25) is 0 Å². The van der Waals surface area contributed by atoms with Crippen LogP contribution in [0.15, 0.2) is 73.3 Å². The fraction of sp³-hybridized carbons (Fsp3) is 0.391. The smallest absolute Gasteiger partial charge is 0.184 e. The Bertz CT molecular complexity index is 723. The van der Waals surface area contributed by atoms with E-state index in [1.54, 1.807) is 6.08 Å². The van der Waals surface area contributed by atoms with Crippen LogP contribution in [0.3, 0.4) is 0 Å². The van der Waals surface area contributed by atoms with Gasteiger partial charge in [0.25, 0.3) is 0 Å². The van der Waals surface area contributed by atoms with Crippen molar-refractivity contribution in [2.24, 2.45) is 0 Å². The minimum Gasteiger partial charge on any atom is -0.387 e. The molecule has 0 saturated carbocycles. The molecule has 1 fully saturated rings. The van der Waals surface area contributed by atoms with Crippen LogP contribution in [0, 0.1) is 0 Å². The first kappa shape index (κ1) is 21.6. The van der Waals surface area contributed by atoms with Crippen LogP contribution in [0.25, 0.3) is 0 Å². The lowest BCUT2D eigenvalue weighted by atomic mass is 9.98. The van der Waals surface area contributed by atoms with Crippen LogP contribution >= 0.6 is 0 Å². The van der Waals surface area contributed by atoms with Gasteiger partial charge < -0.3 is 29.2 Å². The third kappa shape index (κ3) is 6.21. The fourth-order valence-electron chi connectivity index (χ4n) is 3.23. The lowest BCUT2D eigenvalue weighted by molar-refractivity contribution is -0.306. The predicted octanol–water partition coefficient (Wildman–Crippen LogP) is 2.44. The SMILES string of the molecule is C=CCO[C@H]1[C@H](O)[C@@H](COCc2ccccc2)O[C@@H](O)[C@@H]1OCc1ccccc1. The molecule has 2 aromatic carbocycles. The van der Waals surface area contributed by atoms with E-state index in [0.29, 0.717) is 6.61 Å². The van der Waals surface area contributed by atoms with Gasteiger partial charge in [-0.1, -0.05) is 66.7 Å². The average Bonchev–Trinajstić information content (AvgIpc) is 2.75. The second-order valence-corrected chi connectivity index (χ2v) is 6.90. The lowest BCUT2D eigenvalue weighted by Gasteiger charge is -2.42. The zero-order valence-corrected chi connectivity index (χ0v) is 16.3. The Balaban J connectivity index is 1.59. The van der Waals surface area contributed by atoms with E-state index < -0.39 is 30.7 Å². The molecular weight excluding hydrogens is 372 g/mol. The zero-order valence-electron chi connectivity index (χ0n) is 16.3. The minimum absolute atomic E-state index is 0.118. The predicted molar refractivity (Wildman–Crippen MR) is 108 cm³/mol. The quantitative estimate of drug-likeness (QED) is 0.597. The van der Waals surface area contributed by atoms with Crippen molar-refractivity contribution in [3.63, 3.8) is 0 Å². The summed E-state index contributed by atoms with van der Waals surface area (Å²) in [5, 5.41) is 21.3. The van der Waals surface area contributed by atoms with Crippen molar-refractivity contribution in [3.05, 3.63) is 84.4 Å². The molecule has 2 N–H and O–H groups in total. The molecule has 0 aromatic heterocycles. The molecule has 6 nitrogen and oxygen atoms in total. The first-order chi connectivity index (χ1) is 14.2. The minimum atomic E-state index is -1.25. The van der Waals surface area contributed by atoms with Gasteiger partial charge in [0.05, 0.1) is 26.4 Å². The first-order valence-corrected chi connectivity index (χ1v) is 9.70. The Kier molecular flexibility index (Phi) is 8.37. The van der Waals surface area contributed by atoms with Crippen molar-refractivity contribution >= 4 is 0 Å². The summed E-state index contributed by atoms with van der Waals surface area (Å²) in [4.78, 5) is 0. The number of rotatable bonds is 10. The number of aliphatic hydroxyl groups excluding tert-OH is 2. The molecule has 5 atom stereocenters. The normalized spacial score (nSPS) is 26.9. The number of benzene rings is 2. The van der Waals surface area contributed by atoms with Crippen molar-refractivity contribution in [1.82, 2.24) is 0 Å². The van der Waals surface area contributed by atoms with Crippen LogP contribution in [-0.4, -0.2) is 54.1 Å². The highest BCUT2D eigenvalue weighted by Crippen LogP contribution is 2.26. The summed E-state index contributed by atoms with van der Waals surface area (Å²) >= 11 is 0. The van der Waals surface area contributed by atoms with E-state index in [0.717, 1.165) is 11.1 Å². The summed E-state index contributed by atoms with van der Waals surface area (Å²) in [5.74, 6) is 0. The maximum absolute atomic E-state index is 10.8. The van der Waals surface area contributed by atoms with Gasteiger partial charge in [0.1, 0.15) is 24.4 Å². The average molecular weight is 400 g/mol. The van der Waals surface area contributed by atoms with Crippen molar-refractivity contribution in [3.8, 4) is 0 Å². The van der Waals surface area contributed by atoms with Crippen LogP contribution < -0.4 is 0 Å². The molecule has 0 radical (unpaired) electrons. The summed E-state index contributed by atoms with van der Waals surface area (Å²) in [6, 6.07) is 19.3. The van der Waals surface area contributed by atoms with Crippen molar-refractivity contribution in [2.45, 2.75) is 43.9 Å². The van der Waals surface area contributed by atoms with Crippen LogP contribution in [0.5, 0.6) is 0 Å². The molecule has 0 amide bonds. The van der Waals surface area contributed by atoms with Gasteiger partial charge >= 0.3 is 0 Å². The maximum Gasteiger partial charge on any atom is 0.184 e. The third-order valence-corrected chi connectivity index (χ3v) is 4.72. The van der Waals surface area contributed by atoms with E-state index >= 15 is 0 Å². The van der Waals surface area contributed by atoms with Crippen molar-refractivity contribution in [2.75, 3.05) is 13.2 Å². The Morgan fingerprint density at radius 1 is 0.862 bits per heavy atom. The first-order valence-electron chi connectivity index (χ1n) is 9.70. The van der Waals surface area contributed by atoms with E-state index in [4.69, 9.17) is 18.9 Å². The van der Waals surface area contributed by atoms with E-state index in [1.807, 2.05) is 60.7 Å². The highest BCUT2D eigenvalue weighted by atomic mass is 16.7. The monoisotopic (exact) mass is 400 g/mol. The summed E-state index contributed by atoms with van der Waals surface area (Å²) in [6.45, 7) is 4.63. The Hall–Kier alpha value is -2.06. The van der Waals surface area contributed by atoms with Gasteiger partial charge in [0.2, 0.25) is 0 Å². The second kappa shape index (κ2) is 11.2. The van der Waals surface area contributed by atoms with E-state index in [9.17, 15) is 10.2 Å².